The first-order valence-electron chi connectivity index (χ1n) is 14.2. The number of amides is 1. The Morgan fingerprint density at radius 2 is 1.64 bits per heavy atom. The topological polar surface area (TPSA) is 166 Å². The molecule has 4 heterocycles. The van der Waals surface area contributed by atoms with Gasteiger partial charge in [0.25, 0.3) is 17.2 Å². The van der Waals surface area contributed by atoms with Gasteiger partial charge in [0, 0.05) is 12.1 Å². The van der Waals surface area contributed by atoms with Gasteiger partial charge in [-0.05, 0) is 56.6 Å². The Balaban J connectivity index is 0.000000194. The summed E-state index contributed by atoms with van der Waals surface area (Å²) < 4.78 is 11.0. The van der Waals surface area contributed by atoms with E-state index in [0.29, 0.717) is 42.1 Å². The third-order valence-electron chi connectivity index (χ3n) is 7.14. The average Bonchev–Trinajstić information content (AvgIpc) is 2.90. The molecule has 0 saturated heterocycles. The van der Waals surface area contributed by atoms with E-state index in [1.807, 2.05) is 13.8 Å². The molecular weight excluding hydrogens is 548 g/mol. The van der Waals surface area contributed by atoms with Crippen LogP contribution in [0.15, 0.2) is 52.5 Å². The molecular formula is C29H36N4O9. The lowest BCUT2D eigenvalue weighted by molar-refractivity contribution is 0.0869. The lowest BCUT2D eigenvalue weighted by Gasteiger charge is -2.30. The van der Waals surface area contributed by atoms with Gasteiger partial charge >= 0.3 is 16.9 Å². The molecule has 3 aromatic heterocycles. The summed E-state index contributed by atoms with van der Waals surface area (Å²) in [5.41, 5.74) is -0.910. The van der Waals surface area contributed by atoms with E-state index in [4.69, 9.17) is 18.5 Å². The van der Waals surface area contributed by atoms with Crippen LogP contribution in [0.4, 0.5) is 5.88 Å². The van der Waals surface area contributed by atoms with E-state index < -0.39 is 22.5 Å². The fourth-order valence-corrected chi connectivity index (χ4v) is 4.91. The Morgan fingerprint density at radius 1 is 0.952 bits per heavy atom. The fraction of sp³-hybridized carbons (Fsp3) is 0.483. The summed E-state index contributed by atoms with van der Waals surface area (Å²) in [7, 11) is 0. The van der Waals surface area contributed by atoms with Gasteiger partial charge in [-0.2, -0.15) is 5.06 Å². The molecule has 1 fully saturated rings. The summed E-state index contributed by atoms with van der Waals surface area (Å²) in [6, 6.07) is 2.70. The number of hydrogen-bond acceptors (Lipinski definition) is 10. The van der Waals surface area contributed by atoms with Crippen LogP contribution in [-0.2, 0) is 17.7 Å². The number of unbranched alkanes of at least 4 members (excludes halogenated alkanes) is 1. The number of anilines is 1. The number of carbonyl (C=O) groups is 1. The monoisotopic (exact) mass is 584 g/mol. The lowest BCUT2D eigenvalue weighted by atomic mass is 9.81. The van der Waals surface area contributed by atoms with Gasteiger partial charge in [-0.3, -0.25) is 19.4 Å². The number of aromatic nitrogens is 2. The molecule has 13 nitrogen and oxygen atoms in total. The van der Waals surface area contributed by atoms with Crippen molar-refractivity contribution < 1.29 is 23.3 Å². The number of rotatable bonds is 10. The zero-order valence-corrected chi connectivity index (χ0v) is 24.1. The molecule has 0 radical (unpaired) electrons. The first kappa shape index (κ1) is 30.6. The second kappa shape index (κ2) is 13.5. The van der Waals surface area contributed by atoms with E-state index in [1.54, 1.807) is 6.92 Å². The van der Waals surface area contributed by atoms with Gasteiger partial charge in [-0.15, -0.1) is 0 Å². The number of carbonyl (C=O) groups excluding carboxylic acids is 1. The number of hydrogen-bond donors (Lipinski definition) is 2. The molecule has 13 heteroatoms. The minimum atomic E-state index is -0.764. The number of H-pyrrole nitrogens is 1. The van der Waals surface area contributed by atoms with Crippen LogP contribution in [0.5, 0.6) is 0 Å². The molecule has 1 aliphatic carbocycles. The van der Waals surface area contributed by atoms with Crippen molar-refractivity contribution in [3.8, 4) is 0 Å². The van der Waals surface area contributed by atoms with Crippen LogP contribution in [0.2, 0.25) is 0 Å². The van der Waals surface area contributed by atoms with Crippen molar-refractivity contribution in [3.63, 3.8) is 0 Å². The van der Waals surface area contributed by atoms with Crippen LogP contribution in [0, 0.1) is 5.92 Å². The third kappa shape index (κ3) is 6.56. The van der Waals surface area contributed by atoms with Crippen molar-refractivity contribution in [1.82, 2.24) is 15.0 Å². The molecule has 2 N–H and O–H groups in total. The maximum atomic E-state index is 12.3. The van der Waals surface area contributed by atoms with E-state index in [2.05, 4.69) is 16.9 Å². The van der Waals surface area contributed by atoms with Gasteiger partial charge in [0.15, 0.2) is 0 Å². The lowest BCUT2D eigenvalue weighted by Crippen LogP contribution is -2.42. The summed E-state index contributed by atoms with van der Waals surface area (Å²) in [5.74, 6) is 0.779. The van der Waals surface area contributed by atoms with Crippen LogP contribution in [0.25, 0.3) is 11.1 Å². The standard InChI is InChI=1S/C16H20N2O4.C13H16N2O5/c1-3-21-18-10(2)17-15(20)14-12(8-7-11-5-4-6-11)9-13(19)22-16(14)18;1-3-5-6-8-7-9(16)20-12-10(8)11(17)14-13(18)15(12)19-4-2/h9,11H,2-8H2,1H3,(H,17,20);7H,3-6H2,1-2H3,(H,14,17,18). The number of nitrogens with zero attached hydrogens (tertiary/aromatic N) is 2. The van der Waals surface area contributed by atoms with E-state index in [0.717, 1.165) is 24.0 Å². The van der Waals surface area contributed by atoms with Crippen LogP contribution in [0.1, 0.15) is 80.8 Å². The highest BCUT2D eigenvalue weighted by atomic mass is 16.7. The van der Waals surface area contributed by atoms with Gasteiger partial charge < -0.3 is 19.0 Å². The zero-order chi connectivity index (χ0) is 30.4. The van der Waals surface area contributed by atoms with Gasteiger partial charge in [-0.25, -0.2) is 14.4 Å². The molecule has 5 rings (SSSR count). The molecule has 1 saturated carbocycles. The molecule has 0 bridgehead atoms. The van der Waals surface area contributed by atoms with Crippen LogP contribution in [0.3, 0.4) is 0 Å². The van der Waals surface area contributed by atoms with Gasteiger partial charge in [-0.1, -0.05) is 43.9 Å². The Hall–Kier alpha value is -4.39. The highest BCUT2D eigenvalue weighted by molar-refractivity contribution is 6.03. The zero-order valence-electron chi connectivity index (χ0n) is 24.1. The fourth-order valence-electron chi connectivity index (χ4n) is 4.91. The van der Waals surface area contributed by atoms with Crippen molar-refractivity contribution in [2.45, 2.75) is 72.1 Å². The number of hydroxylamine groups is 1. The van der Waals surface area contributed by atoms with Crippen LogP contribution in [-0.4, -0.2) is 28.8 Å². The summed E-state index contributed by atoms with van der Waals surface area (Å²) in [5, 5.41) is 4.12. The molecule has 0 spiro atoms. The summed E-state index contributed by atoms with van der Waals surface area (Å²) >= 11 is 0. The third-order valence-corrected chi connectivity index (χ3v) is 7.14. The number of aryl methyl sites for hydroxylation is 2. The highest BCUT2D eigenvalue weighted by Crippen LogP contribution is 2.33. The molecule has 0 unspecified atom stereocenters. The number of aromatic amines is 1. The number of fused-ring (bicyclic) bond motifs is 2. The molecule has 42 heavy (non-hydrogen) atoms. The van der Waals surface area contributed by atoms with Crippen LogP contribution >= 0.6 is 0 Å². The molecule has 3 aromatic rings. The summed E-state index contributed by atoms with van der Waals surface area (Å²) in [6.07, 6.45) is 7.73. The van der Waals surface area contributed by atoms with Crippen molar-refractivity contribution >= 4 is 22.9 Å². The molecule has 226 valence electrons. The Kier molecular flexibility index (Phi) is 9.84. The quantitative estimate of drug-likeness (QED) is 0.362. The second-order valence-electron chi connectivity index (χ2n) is 10.1. The molecule has 1 amide bonds. The summed E-state index contributed by atoms with van der Waals surface area (Å²) in [6.45, 7) is 9.79. The minimum Gasteiger partial charge on any atom is -0.406 e. The summed E-state index contributed by atoms with van der Waals surface area (Å²) in [4.78, 5) is 72.1. The first-order valence-corrected chi connectivity index (χ1v) is 14.2. The smallest absolute Gasteiger partial charge is 0.364 e. The average molecular weight is 585 g/mol. The molecule has 0 atom stereocenters. The number of nitrogens with one attached hydrogen (secondary N) is 2. The predicted octanol–water partition coefficient (Wildman–Crippen LogP) is 2.78. The van der Waals surface area contributed by atoms with Crippen molar-refractivity contribution in [2.75, 3.05) is 18.3 Å². The first-order chi connectivity index (χ1) is 20.2. The van der Waals surface area contributed by atoms with Gasteiger partial charge in [0.05, 0.1) is 6.61 Å². The van der Waals surface area contributed by atoms with Gasteiger partial charge in [0.2, 0.25) is 5.88 Å². The van der Waals surface area contributed by atoms with E-state index in [-0.39, 0.29) is 35.3 Å². The van der Waals surface area contributed by atoms with Crippen molar-refractivity contribution in [1.29, 1.82) is 0 Å². The highest BCUT2D eigenvalue weighted by Gasteiger charge is 2.32. The normalized spacial score (nSPS) is 14.6. The van der Waals surface area contributed by atoms with E-state index >= 15 is 0 Å². The largest absolute Gasteiger partial charge is 0.406 e. The SMILES string of the molecule is C=C1NC(=O)c2c(CCC3CCC3)cc(=O)oc2N1OCC.CCCCc1cc(=O)oc2c1c(=O)[nH]c(=O)n2OCC. The van der Waals surface area contributed by atoms with Crippen LogP contribution < -0.4 is 37.7 Å². The molecule has 1 aliphatic heterocycles. The maximum Gasteiger partial charge on any atom is 0.364 e. The predicted molar refractivity (Wildman–Crippen MR) is 154 cm³/mol. The Labute approximate surface area is 240 Å². The maximum absolute atomic E-state index is 12.3. The van der Waals surface area contributed by atoms with E-state index in [1.165, 1.54) is 36.5 Å². The second-order valence-corrected chi connectivity index (χ2v) is 10.1. The Morgan fingerprint density at radius 3 is 2.29 bits per heavy atom. The van der Waals surface area contributed by atoms with Crippen molar-refractivity contribution in [3.05, 3.63) is 82.9 Å². The van der Waals surface area contributed by atoms with E-state index in [9.17, 15) is 24.0 Å². The molecule has 2 aliphatic rings. The van der Waals surface area contributed by atoms with Gasteiger partial charge in [0.1, 0.15) is 23.4 Å². The Bertz CT molecular complexity index is 1690. The molecule has 0 aromatic carbocycles. The minimum absolute atomic E-state index is 0.131. The van der Waals surface area contributed by atoms with Crippen molar-refractivity contribution in [2.24, 2.45) is 5.92 Å².